The zero-order chi connectivity index (χ0) is 32.1. The summed E-state index contributed by atoms with van der Waals surface area (Å²) in [6.07, 6.45) is 7.46. The van der Waals surface area contributed by atoms with Gasteiger partial charge in [-0.3, -0.25) is 9.48 Å². The molecule has 0 bridgehead atoms. The summed E-state index contributed by atoms with van der Waals surface area (Å²) in [5, 5.41) is 15.8. The van der Waals surface area contributed by atoms with Gasteiger partial charge in [-0.15, -0.1) is 0 Å². The lowest BCUT2D eigenvalue weighted by Crippen LogP contribution is -2.48. The summed E-state index contributed by atoms with van der Waals surface area (Å²) in [5.74, 6) is -1.22. The number of carbonyl (C=O) groups is 2. The van der Waals surface area contributed by atoms with E-state index in [0.29, 0.717) is 61.2 Å². The fraction of sp³-hybridized carbons (Fsp3) is 0.618. The summed E-state index contributed by atoms with van der Waals surface area (Å²) >= 11 is 0. The molecule has 1 N–H and O–H groups in total. The highest BCUT2D eigenvalue weighted by Crippen LogP contribution is 2.29. The standard InChI is InChI=1S/C34H47FN4O6/c1-22-5-7-27(40)20-32(41)45-33(23(2)6-8-31(22)44-34(42)38-13-11-37(4)12-14-38)24(3)17-25-18-29(35)28-21-39(36-30(28)19-25)26-9-15-43-16-10-26/h6,8,17-19,21-23,26-27,31,33,40H,5,7,9-16,20H2,1-4H3/b8-6+,24-17+/t22-,23-,27+,31+,33-/m0/s1. The SMILES string of the molecule is C/C(=C\c1cc(F)c2cn(C3CCOCC3)nc2c1)[C@H]1OC(=O)C[C@H](O)CC[C@H](C)[C@H](OC(=O)N2CCN(C)CC2)/C=C/[C@@H]1C. The number of cyclic esters (lactones) is 1. The number of hydrogen-bond acceptors (Lipinski definition) is 8. The second-order valence-electron chi connectivity index (χ2n) is 13.0. The van der Waals surface area contributed by atoms with Gasteiger partial charge in [-0.25, -0.2) is 9.18 Å². The van der Waals surface area contributed by atoms with Crippen molar-refractivity contribution in [3.63, 3.8) is 0 Å². The molecule has 11 heteroatoms. The molecular formula is C34H47FN4O6. The molecule has 3 aliphatic heterocycles. The fourth-order valence-electron chi connectivity index (χ4n) is 6.31. The number of likely N-dealkylation sites (N-methyl/N-ethyl adjacent to an activating group) is 1. The highest BCUT2D eigenvalue weighted by molar-refractivity contribution is 5.82. The number of aliphatic hydroxyl groups excluding tert-OH is 1. The predicted molar refractivity (Wildman–Crippen MR) is 169 cm³/mol. The normalized spacial score (nSPS) is 29.1. The van der Waals surface area contributed by atoms with Crippen molar-refractivity contribution in [2.45, 2.75) is 77.2 Å². The molecule has 1 aromatic heterocycles. The van der Waals surface area contributed by atoms with E-state index in [1.807, 2.05) is 56.8 Å². The number of aromatic nitrogens is 2. The van der Waals surface area contributed by atoms with E-state index in [4.69, 9.17) is 14.2 Å². The Morgan fingerprint density at radius 2 is 1.82 bits per heavy atom. The molecule has 2 aromatic rings. The lowest BCUT2D eigenvalue weighted by molar-refractivity contribution is -0.151. The Morgan fingerprint density at radius 3 is 2.56 bits per heavy atom. The van der Waals surface area contributed by atoms with Crippen LogP contribution in [0.15, 0.2) is 36.1 Å². The number of piperazine rings is 1. The molecule has 3 aliphatic rings. The van der Waals surface area contributed by atoms with Gasteiger partial charge in [-0.05, 0) is 74.9 Å². The van der Waals surface area contributed by atoms with E-state index in [1.54, 1.807) is 11.1 Å². The van der Waals surface area contributed by atoms with Crippen LogP contribution >= 0.6 is 0 Å². The summed E-state index contributed by atoms with van der Waals surface area (Å²) in [6.45, 7) is 9.90. The van der Waals surface area contributed by atoms with Crippen molar-refractivity contribution >= 4 is 29.0 Å². The van der Waals surface area contributed by atoms with Crippen molar-refractivity contribution in [2.75, 3.05) is 46.4 Å². The molecule has 45 heavy (non-hydrogen) atoms. The summed E-state index contributed by atoms with van der Waals surface area (Å²) in [4.78, 5) is 29.9. The van der Waals surface area contributed by atoms with Gasteiger partial charge in [0.25, 0.3) is 0 Å². The van der Waals surface area contributed by atoms with Gasteiger partial charge in [-0.1, -0.05) is 26.0 Å². The van der Waals surface area contributed by atoms with Crippen molar-refractivity contribution in [1.82, 2.24) is 19.6 Å². The van der Waals surface area contributed by atoms with Crippen LogP contribution in [0.1, 0.15) is 64.5 Å². The Labute approximate surface area is 264 Å². The first kappa shape index (κ1) is 33.1. The number of nitrogens with zero attached hydrogens (tertiary/aromatic N) is 4. The molecule has 246 valence electrons. The fourth-order valence-corrected chi connectivity index (χ4v) is 6.31. The summed E-state index contributed by atoms with van der Waals surface area (Å²) < 4.78 is 34.5. The molecule has 0 radical (unpaired) electrons. The Hall–Kier alpha value is -3.28. The zero-order valence-corrected chi connectivity index (χ0v) is 26.9. The van der Waals surface area contributed by atoms with Crippen LogP contribution in [0.4, 0.5) is 9.18 Å². The Kier molecular flexibility index (Phi) is 10.9. The smallest absolute Gasteiger partial charge is 0.410 e. The second-order valence-corrected chi connectivity index (χ2v) is 13.0. The Bertz CT molecular complexity index is 1390. The van der Waals surface area contributed by atoms with Gasteiger partial charge in [-0.2, -0.15) is 5.10 Å². The second kappa shape index (κ2) is 14.9. The molecule has 0 unspecified atom stereocenters. The zero-order valence-electron chi connectivity index (χ0n) is 26.9. The number of amides is 1. The number of hydrogen-bond donors (Lipinski definition) is 1. The van der Waals surface area contributed by atoms with Gasteiger partial charge in [0.1, 0.15) is 18.0 Å². The van der Waals surface area contributed by atoms with E-state index in [0.717, 1.165) is 25.9 Å². The topological polar surface area (TPSA) is 106 Å². The number of carbonyl (C=O) groups excluding carboxylic acids is 2. The highest BCUT2D eigenvalue weighted by atomic mass is 19.1. The molecule has 10 nitrogen and oxygen atoms in total. The van der Waals surface area contributed by atoms with Gasteiger partial charge >= 0.3 is 12.1 Å². The third-order valence-electron chi connectivity index (χ3n) is 9.28. The molecule has 1 amide bonds. The number of aliphatic hydroxyl groups is 1. The van der Waals surface area contributed by atoms with Crippen molar-refractivity contribution in [2.24, 2.45) is 11.8 Å². The minimum atomic E-state index is -0.875. The van der Waals surface area contributed by atoms with E-state index >= 15 is 4.39 Å². The number of halogens is 1. The molecule has 4 heterocycles. The molecule has 5 atom stereocenters. The molecular weight excluding hydrogens is 579 g/mol. The van der Waals surface area contributed by atoms with Crippen LogP contribution in [0.25, 0.3) is 17.0 Å². The quantitative estimate of drug-likeness (QED) is 0.375. The van der Waals surface area contributed by atoms with Crippen LogP contribution in [-0.2, 0) is 19.0 Å². The van der Waals surface area contributed by atoms with Crippen molar-refractivity contribution in [3.05, 3.63) is 47.4 Å². The van der Waals surface area contributed by atoms with Crippen LogP contribution in [0.5, 0.6) is 0 Å². The Balaban J connectivity index is 1.37. The summed E-state index contributed by atoms with van der Waals surface area (Å²) in [5.41, 5.74) is 1.89. The van der Waals surface area contributed by atoms with E-state index in [1.165, 1.54) is 6.07 Å². The molecule has 0 spiro atoms. The van der Waals surface area contributed by atoms with Crippen LogP contribution < -0.4 is 0 Å². The number of benzene rings is 1. The monoisotopic (exact) mass is 626 g/mol. The van der Waals surface area contributed by atoms with Crippen LogP contribution in [0, 0.1) is 17.7 Å². The number of rotatable bonds is 4. The first-order valence-corrected chi connectivity index (χ1v) is 16.2. The molecule has 1 aromatic carbocycles. The number of fused-ring (bicyclic) bond motifs is 1. The van der Waals surface area contributed by atoms with Crippen LogP contribution in [0.3, 0.4) is 0 Å². The highest BCUT2D eigenvalue weighted by Gasteiger charge is 2.29. The van der Waals surface area contributed by atoms with Crippen molar-refractivity contribution < 1.29 is 33.3 Å². The Morgan fingerprint density at radius 1 is 1.09 bits per heavy atom. The molecule has 2 saturated heterocycles. The predicted octanol–water partition coefficient (Wildman–Crippen LogP) is 4.97. The minimum absolute atomic E-state index is 0.0688. The molecule has 5 rings (SSSR count). The van der Waals surface area contributed by atoms with E-state index in [-0.39, 0.29) is 36.2 Å². The molecule has 0 saturated carbocycles. The van der Waals surface area contributed by atoms with Gasteiger partial charge in [0.05, 0.1) is 29.5 Å². The largest absolute Gasteiger partial charge is 0.457 e. The third-order valence-corrected chi connectivity index (χ3v) is 9.28. The summed E-state index contributed by atoms with van der Waals surface area (Å²) in [7, 11) is 2.03. The van der Waals surface area contributed by atoms with Crippen LogP contribution in [-0.4, -0.2) is 102 Å². The summed E-state index contributed by atoms with van der Waals surface area (Å²) in [6, 6.07) is 3.49. The van der Waals surface area contributed by atoms with Crippen molar-refractivity contribution in [1.29, 1.82) is 0 Å². The van der Waals surface area contributed by atoms with Gasteiger partial charge in [0, 0.05) is 51.5 Å². The number of esters is 1. The first-order chi connectivity index (χ1) is 21.6. The lowest BCUT2D eigenvalue weighted by Gasteiger charge is -2.33. The third kappa shape index (κ3) is 8.51. The van der Waals surface area contributed by atoms with E-state index in [9.17, 15) is 14.7 Å². The van der Waals surface area contributed by atoms with Gasteiger partial charge < -0.3 is 29.1 Å². The first-order valence-electron chi connectivity index (χ1n) is 16.2. The van der Waals surface area contributed by atoms with Crippen molar-refractivity contribution in [3.8, 4) is 0 Å². The maximum atomic E-state index is 15.3. The molecule has 2 fully saturated rings. The van der Waals surface area contributed by atoms with Gasteiger partial charge in [0.2, 0.25) is 0 Å². The average Bonchev–Trinajstić information content (AvgIpc) is 3.45. The average molecular weight is 627 g/mol. The van der Waals surface area contributed by atoms with E-state index < -0.39 is 24.3 Å². The number of ether oxygens (including phenoxy) is 3. The lowest BCUT2D eigenvalue weighted by atomic mass is 9.91. The maximum absolute atomic E-state index is 15.3. The maximum Gasteiger partial charge on any atom is 0.410 e. The minimum Gasteiger partial charge on any atom is -0.457 e. The molecule has 0 aliphatic carbocycles. The van der Waals surface area contributed by atoms with Crippen LogP contribution in [0.2, 0.25) is 0 Å². The van der Waals surface area contributed by atoms with E-state index in [2.05, 4.69) is 10.00 Å². The van der Waals surface area contributed by atoms with Gasteiger partial charge in [0.15, 0.2) is 0 Å².